The summed E-state index contributed by atoms with van der Waals surface area (Å²) in [4.78, 5) is 13.1. The number of aliphatic hydroxyl groups excluding tert-OH is 7. The van der Waals surface area contributed by atoms with Gasteiger partial charge in [0, 0.05) is 0 Å². The molecule has 384 valence electrons. The molecule has 0 radical (unpaired) electrons. The molecule has 1 aliphatic rings. The Morgan fingerprint density at radius 1 is 0.523 bits per heavy atom. The first kappa shape index (κ1) is 61.6. The SMILES string of the molecule is CCCCCCCCCCCCCC/C=C/CC/C=C/CCCC(O)C(O)C(COC1OC(CO)C(O)C(O)C1O)NC(=O)C(O)CCCCCCCCCCCCCCCCCCC. The summed E-state index contributed by atoms with van der Waals surface area (Å²) in [6.07, 6.45) is 39.4. The number of unbranched alkanes of at least 4 members (excludes halogenated alkanes) is 30. The van der Waals surface area contributed by atoms with Gasteiger partial charge in [0.05, 0.1) is 25.4 Å². The lowest BCUT2D eigenvalue weighted by molar-refractivity contribution is -0.303. The molecule has 1 saturated heterocycles. The van der Waals surface area contributed by atoms with Crippen molar-refractivity contribution in [2.24, 2.45) is 0 Å². The van der Waals surface area contributed by atoms with E-state index in [1.807, 2.05) is 0 Å². The van der Waals surface area contributed by atoms with Gasteiger partial charge in [0.1, 0.15) is 36.6 Å². The van der Waals surface area contributed by atoms with Crippen LogP contribution in [0.1, 0.15) is 245 Å². The predicted molar refractivity (Wildman–Crippen MR) is 266 cm³/mol. The maximum atomic E-state index is 13.1. The Morgan fingerprint density at radius 2 is 0.923 bits per heavy atom. The second-order valence-corrected chi connectivity index (χ2v) is 19.3. The Balaban J connectivity index is 2.39. The summed E-state index contributed by atoms with van der Waals surface area (Å²) >= 11 is 0. The van der Waals surface area contributed by atoms with Crippen LogP contribution >= 0.6 is 0 Å². The molecule has 11 heteroatoms. The largest absolute Gasteiger partial charge is 0.394 e. The standard InChI is InChI=1S/C54H103NO10/c1-3-5-7-9-11-13-15-17-19-21-22-23-24-26-27-29-31-33-35-37-39-41-46(57)49(59)45(44-64-54-52(62)51(61)50(60)48(43-56)65-54)55-53(63)47(58)42-40-38-36-34-32-30-28-25-20-18-16-14-12-10-8-6-4-2/h26-27,33,35,45-52,54,56-62H,3-25,28-32,34,36-44H2,1-2H3,(H,55,63)/b27-26+,35-33+. The number of hydrogen-bond donors (Lipinski definition) is 8. The van der Waals surface area contributed by atoms with E-state index in [1.165, 1.54) is 161 Å². The molecule has 0 aliphatic carbocycles. The summed E-state index contributed by atoms with van der Waals surface area (Å²) in [6.45, 7) is 3.45. The van der Waals surface area contributed by atoms with Gasteiger partial charge in [-0.25, -0.2) is 0 Å². The van der Waals surface area contributed by atoms with Crippen LogP contribution in [0.2, 0.25) is 0 Å². The fourth-order valence-electron chi connectivity index (χ4n) is 8.75. The average molecular weight is 926 g/mol. The monoisotopic (exact) mass is 926 g/mol. The molecular weight excluding hydrogens is 823 g/mol. The molecule has 65 heavy (non-hydrogen) atoms. The lowest BCUT2D eigenvalue weighted by Crippen LogP contribution is -2.60. The topological polar surface area (TPSA) is 189 Å². The zero-order valence-corrected chi connectivity index (χ0v) is 41.7. The van der Waals surface area contributed by atoms with Crippen molar-refractivity contribution in [2.75, 3.05) is 13.2 Å². The first-order valence-corrected chi connectivity index (χ1v) is 27.2. The second-order valence-electron chi connectivity index (χ2n) is 19.3. The van der Waals surface area contributed by atoms with Crippen LogP contribution in [-0.4, -0.2) is 110 Å². The molecule has 1 amide bonds. The number of hydrogen-bond acceptors (Lipinski definition) is 10. The van der Waals surface area contributed by atoms with Crippen LogP contribution in [0.4, 0.5) is 0 Å². The van der Waals surface area contributed by atoms with Crippen molar-refractivity contribution in [3.63, 3.8) is 0 Å². The van der Waals surface area contributed by atoms with Crippen LogP contribution in [0.3, 0.4) is 0 Å². The average Bonchev–Trinajstić information content (AvgIpc) is 3.31. The van der Waals surface area contributed by atoms with Gasteiger partial charge in [0.15, 0.2) is 6.29 Å². The molecule has 1 heterocycles. The van der Waals surface area contributed by atoms with Gasteiger partial charge in [0.2, 0.25) is 5.91 Å². The van der Waals surface area contributed by atoms with E-state index in [9.17, 15) is 40.5 Å². The highest BCUT2D eigenvalue weighted by atomic mass is 16.7. The maximum Gasteiger partial charge on any atom is 0.249 e. The maximum absolute atomic E-state index is 13.1. The highest BCUT2D eigenvalue weighted by molar-refractivity contribution is 5.80. The fraction of sp³-hybridized carbons (Fsp3) is 0.907. The van der Waals surface area contributed by atoms with E-state index in [4.69, 9.17) is 9.47 Å². The Kier molecular flexibility index (Phi) is 41.6. The number of carbonyl (C=O) groups is 1. The smallest absolute Gasteiger partial charge is 0.249 e. The molecule has 8 N–H and O–H groups in total. The van der Waals surface area contributed by atoms with Crippen molar-refractivity contribution >= 4 is 5.91 Å². The Hall–Kier alpha value is -1.41. The summed E-state index contributed by atoms with van der Waals surface area (Å²) in [6, 6.07) is -1.19. The van der Waals surface area contributed by atoms with Gasteiger partial charge in [-0.3, -0.25) is 4.79 Å². The minimum absolute atomic E-state index is 0.249. The van der Waals surface area contributed by atoms with Crippen LogP contribution in [0.5, 0.6) is 0 Å². The van der Waals surface area contributed by atoms with Crippen LogP contribution in [0.15, 0.2) is 24.3 Å². The Bertz CT molecular complexity index is 1110. The van der Waals surface area contributed by atoms with Crippen molar-refractivity contribution < 1.29 is 50.0 Å². The van der Waals surface area contributed by atoms with E-state index in [2.05, 4.69) is 43.5 Å². The van der Waals surface area contributed by atoms with Crippen LogP contribution in [0.25, 0.3) is 0 Å². The van der Waals surface area contributed by atoms with Gasteiger partial charge in [-0.05, 0) is 51.4 Å². The van der Waals surface area contributed by atoms with Crippen molar-refractivity contribution in [2.45, 2.75) is 300 Å². The van der Waals surface area contributed by atoms with Crippen molar-refractivity contribution in [1.82, 2.24) is 5.32 Å². The highest BCUT2D eigenvalue weighted by Crippen LogP contribution is 2.23. The number of carbonyl (C=O) groups excluding carboxylic acids is 1. The number of amides is 1. The van der Waals surface area contributed by atoms with E-state index in [0.29, 0.717) is 19.3 Å². The van der Waals surface area contributed by atoms with E-state index in [0.717, 1.165) is 38.5 Å². The molecule has 1 aliphatic heterocycles. The zero-order valence-electron chi connectivity index (χ0n) is 41.7. The summed E-state index contributed by atoms with van der Waals surface area (Å²) in [5.74, 6) is -0.707. The molecular formula is C54H103NO10. The van der Waals surface area contributed by atoms with E-state index in [1.54, 1.807) is 0 Å². The van der Waals surface area contributed by atoms with Crippen LogP contribution in [0, 0.1) is 0 Å². The van der Waals surface area contributed by atoms with E-state index >= 15 is 0 Å². The summed E-state index contributed by atoms with van der Waals surface area (Å²) in [7, 11) is 0. The lowest BCUT2D eigenvalue weighted by Gasteiger charge is -2.40. The van der Waals surface area contributed by atoms with Gasteiger partial charge < -0.3 is 50.5 Å². The van der Waals surface area contributed by atoms with Crippen molar-refractivity contribution in [3.05, 3.63) is 24.3 Å². The Morgan fingerprint density at radius 3 is 1.37 bits per heavy atom. The third-order valence-electron chi connectivity index (χ3n) is 13.2. The molecule has 0 aromatic heterocycles. The van der Waals surface area contributed by atoms with Crippen LogP contribution in [-0.2, 0) is 14.3 Å². The molecule has 0 bridgehead atoms. The quantitative estimate of drug-likeness (QED) is 0.0216. The van der Waals surface area contributed by atoms with Crippen molar-refractivity contribution in [1.29, 1.82) is 0 Å². The van der Waals surface area contributed by atoms with Gasteiger partial charge in [-0.1, -0.05) is 218 Å². The van der Waals surface area contributed by atoms with Crippen LogP contribution < -0.4 is 5.32 Å². The third-order valence-corrected chi connectivity index (χ3v) is 13.2. The first-order valence-electron chi connectivity index (χ1n) is 27.2. The number of ether oxygens (including phenoxy) is 2. The zero-order chi connectivity index (χ0) is 47.6. The van der Waals surface area contributed by atoms with Gasteiger partial charge in [-0.2, -0.15) is 0 Å². The highest BCUT2D eigenvalue weighted by Gasteiger charge is 2.44. The second kappa shape index (κ2) is 43.8. The molecule has 0 aromatic rings. The number of aliphatic hydroxyl groups is 7. The van der Waals surface area contributed by atoms with E-state index in [-0.39, 0.29) is 12.8 Å². The fourth-order valence-corrected chi connectivity index (χ4v) is 8.75. The minimum Gasteiger partial charge on any atom is -0.394 e. The number of allylic oxidation sites excluding steroid dienone is 4. The van der Waals surface area contributed by atoms with Crippen molar-refractivity contribution in [3.8, 4) is 0 Å². The molecule has 9 unspecified atom stereocenters. The molecule has 1 fully saturated rings. The summed E-state index contributed by atoms with van der Waals surface area (Å²) in [5, 5.41) is 76.0. The number of nitrogens with one attached hydrogen (secondary N) is 1. The molecule has 0 aromatic carbocycles. The number of rotatable bonds is 46. The third kappa shape index (κ3) is 32.9. The minimum atomic E-state index is -1.67. The van der Waals surface area contributed by atoms with Gasteiger partial charge in [-0.15, -0.1) is 0 Å². The summed E-state index contributed by atoms with van der Waals surface area (Å²) < 4.78 is 11.1. The lowest BCUT2D eigenvalue weighted by atomic mass is 9.98. The van der Waals surface area contributed by atoms with E-state index < -0.39 is 74.2 Å². The Labute approximate surface area is 397 Å². The molecule has 11 nitrogen and oxygen atoms in total. The molecule has 0 saturated carbocycles. The molecule has 0 spiro atoms. The summed E-state index contributed by atoms with van der Waals surface area (Å²) in [5.41, 5.74) is 0. The van der Waals surface area contributed by atoms with Gasteiger partial charge >= 0.3 is 0 Å². The molecule has 9 atom stereocenters. The molecule has 1 rings (SSSR count). The predicted octanol–water partition coefficient (Wildman–Crippen LogP) is 10.6. The normalized spacial score (nSPS) is 21.0. The first-order chi connectivity index (χ1) is 31.7. The van der Waals surface area contributed by atoms with Gasteiger partial charge in [0.25, 0.3) is 0 Å².